The van der Waals surface area contributed by atoms with Crippen molar-refractivity contribution in [1.29, 1.82) is 0 Å². The molecule has 0 saturated carbocycles. The normalized spacial score (nSPS) is 14.9. The molecular weight excluding hydrogens is 444 g/mol. The molecule has 0 radical (unpaired) electrons. The monoisotopic (exact) mass is 482 g/mol. The number of hydrogen-bond acceptors (Lipinski definition) is 6. The standard InChI is InChI=1S/C26H38N6O3/c1-6-20(4)32(26(34)27-19(2)3)18-25(33)31-14-8-13-30(15-16-31)24-12-11-23(28-29-24)21-9-7-10-22(17-21)35-5/h7,9-12,17,19-20H,6,8,13-16,18H2,1-5H3,(H,27,34)/t20-/m0/s1. The van der Waals surface area contributed by atoms with Gasteiger partial charge < -0.3 is 24.8 Å². The molecule has 1 saturated heterocycles. The number of ether oxygens (including phenoxy) is 1. The number of amides is 3. The van der Waals surface area contributed by atoms with Crippen LogP contribution in [0.25, 0.3) is 11.3 Å². The predicted molar refractivity (Wildman–Crippen MR) is 138 cm³/mol. The van der Waals surface area contributed by atoms with Gasteiger partial charge in [0, 0.05) is 43.8 Å². The lowest BCUT2D eigenvalue weighted by Crippen LogP contribution is -2.51. The van der Waals surface area contributed by atoms with Gasteiger partial charge in [0.2, 0.25) is 5.91 Å². The van der Waals surface area contributed by atoms with Crippen molar-refractivity contribution in [2.75, 3.05) is 44.7 Å². The summed E-state index contributed by atoms with van der Waals surface area (Å²) in [6.07, 6.45) is 1.61. The zero-order chi connectivity index (χ0) is 25.4. The molecule has 3 rings (SSSR count). The topological polar surface area (TPSA) is 90.9 Å². The van der Waals surface area contributed by atoms with E-state index in [4.69, 9.17) is 4.74 Å². The van der Waals surface area contributed by atoms with E-state index in [1.54, 1.807) is 12.0 Å². The van der Waals surface area contributed by atoms with Gasteiger partial charge in [-0.2, -0.15) is 0 Å². The van der Waals surface area contributed by atoms with Gasteiger partial charge in [-0.3, -0.25) is 4.79 Å². The minimum absolute atomic E-state index is 0.0143. The number of rotatable bonds is 8. The second-order valence-corrected chi connectivity index (χ2v) is 9.22. The molecule has 0 spiro atoms. The summed E-state index contributed by atoms with van der Waals surface area (Å²) in [6.45, 7) is 10.6. The molecule has 0 unspecified atom stereocenters. The molecule has 2 heterocycles. The Balaban J connectivity index is 1.62. The second kappa shape index (κ2) is 12.4. The van der Waals surface area contributed by atoms with Crippen molar-refractivity contribution in [3.8, 4) is 17.0 Å². The van der Waals surface area contributed by atoms with Gasteiger partial charge >= 0.3 is 6.03 Å². The molecule has 0 bridgehead atoms. The third-order valence-corrected chi connectivity index (χ3v) is 6.29. The van der Waals surface area contributed by atoms with Crippen molar-refractivity contribution in [1.82, 2.24) is 25.3 Å². The van der Waals surface area contributed by atoms with Crippen LogP contribution in [0.2, 0.25) is 0 Å². The molecule has 1 aromatic carbocycles. The first-order valence-corrected chi connectivity index (χ1v) is 12.4. The molecule has 1 aliphatic heterocycles. The Morgan fingerprint density at radius 3 is 2.54 bits per heavy atom. The molecule has 9 heteroatoms. The highest BCUT2D eigenvalue weighted by atomic mass is 16.5. The van der Waals surface area contributed by atoms with Crippen LogP contribution in [0.3, 0.4) is 0 Å². The highest BCUT2D eigenvalue weighted by molar-refractivity contribution is 5.84. The van der Waals surface area contributed by atoms with Crippen LogP contribution >= 0.6 is 0 Å². The number of carbonyl (C=O) groups is 2. The molecule has 3 amide bonds. The zero-order valence-electron chi connectivity index (χ0n) is 21.5. The Hall–Kier alpha value is -3.36. The molecule has 2 aromatic rings. The fourth-order valence-electron chi connectivity index (χ4n) is 4.05. The third kappa shape index (κ3) is 7.07. The first kappa shape index (κ1) is 26.2. The Labute approximate surface area is 208 Å². The first-order chi connectivity index (χ1) is 16.8. The number of methoxy groups -OCH3 is 1. The van der Waals surface area contributed by atoms with Crippen molar-refractivity contribution < 1.29 is 14.3 Å². The predicted octanol–water partition coefficient (Wildman–Crippen LogP) is 3.41. The van der Waals surface area contributed by atoms with Crippen molar-refractivity contribution in [2.45, 2.75) is 52.6 Å². The van der Waals surface area contributed by atoms with Crippen LogP contribution in [-0.4, -0.2) is 83.9 Å². The number of anilines is 1. The van der Waals surface area contributed by atoms with Crippen LogP contribution in [0.5, 0.6) is 5.75 Å². The largest absolute Gasteiger partial charge is 0.497 e. The van der Waals surface area contributed by atoms with Crippen LogP contribution < -0.4 is 15.0 Å². The maximum atomic E-state index is 13.1. The lowest BCUT2D eigenvalue weighted by molar-refractivity contribution is -0.132. The summed E-state index contributed by atoms with van der Waals surface area (Å²) in [5.74, 6) is 1.55. The van der Waals surface area contributed by atoms with E-state index >= 15 is 0 Å². The maximum Gasteiger partial charge on any atom is 0.318 e. The van der Waals surface area contributed by atoms with Crippen LogP contribution in [0, 0.1) is 0 Å². The van der Waals surface area contributed by atoms with Crippen molar-refractivity contribution >= 4 is 17.8 Å². The number of aromatic nitrogens is 2. The summed E-state index contributed by atoms with van der Waals surface area (Å²) in [5.41, 5.74) is 1.73. The minimum Gasteiger partial charge on any atom is -0.497 e. The zero-order valence-corrected chi connectivity index (χ0v) is 21.5. The highest BCUT2D eigenvalue weighted by Gasteiger charge is 2.26. The summed E-state index contributed by atoms with van der Waals surface area (Å²) in [7, 11) is 1.64. The van der Waals surface area contributed by atoms with E-state index in [2.05, 4.69) is 20.4 Å². The maximum absolute atomic E-state index is 13.1. The van der Waals surface area contributed by atoms with Crippen LogP contribution in [0.4, 0.5) is 10.6 Å². The summed E-state index contributed by atoms with van der Waals surface area (Å²) < 4.78 is 5.30. The van der Waals surface area contributed by atoms with Gasteiger partial charge in [0.25, 0.3) is 0 Å². The van der Waals surface area contributed by atoms with E-state index in [0.717, 1.165) is 42.2 Å². The highest BCUT2D eigenvalue weighted by Crippen LogP contribution is 2.23. The Bertz CT molecular complexity index is 981. The fourth-order valence-corrected chi connectivity index (χ4v) is 4.05. The van der Waals surface area contributed by atoms with Gasteiger partial charge in [-0.1, -0.05) is 19.1 Å². The van der Waals surface area contributed by atoms with Crippen LogP contribution in [0.15, 0.2) is 36.4 Å². The van der Waals surface area contributed by atoms with Gasteiger partial charge in [0.15, 0.2) is 5.82 Å². The van der Waals surface area contributed by atoms with Crippen molar-refractivity contribution in [2.24, 2.45) is 0 Å². The smallest absolute Gasteiger partial charge is 0.318 e. The van der Waals surface area contributed by atoms with Gasteiger partial charge in [0.1, 0.15) is 12.3 Å². The fraction of sp³-hybridized carbons (Fsp3) is 0.538. The number of benzene rings is 1. The number of nitrogens with zero attached hydrogens (tertiary/aromatic N) is 5. The number of urea groups is 1. The molecule has 9 nitrogen and oxygen atoms in total. The molecular formula is C26H38N6O3. The van der Waals surface area contributed by atoms with Gasteiger partial charge in [-0.25, -0.2) is 4.79 Å². The Kier molecular flexibility index (Phi) is 9.28. The summed E-state index contributed by atoms with van der Waals surface area (Å²) in [5, 5.41) is 11.8. The molecule has 1 aromatic heterocycles. The molecule has 35 heavy (non-hydrogen) atoms. The number of hydrogen-bond donors (Lipinski definition) is 1. The minimum atomic E-state index is -0.189. The molecule has 1 aliphatic rings. The van der Waals surface area contributed by atoms with E-state index in [-0.39, 0.29) is 30.6 Å². The summed E-state index contributed by atoms with van der Waals surface area (Å²) in [6, 6.07) is 11.5. The molecule has 1 fully saturated rings. The lowest BCUT2D eigenvalue weighted by atomic mass is 10.1. The SMILES string of the molecule is CC[C@H](C)N(CC(=O)N1CCCN(c2ccc(-c3cccc(OC)c3)nn2)CC1)C(=O)NC(C)C. The van der Waals surface area contributed by atoms with E-state index < -0.39 is 0 Å². The van der Waals surface area contributed by atoms with Gasteiger partial charge in [-0.15, -0.1) is 10.2 Å². The average molecular weight is 483 g/mol. The van der Waals surface area contributed by atoms with Gasteiger partial charge in [0.05, 0.1) is 12.8 Å². The molecule has 1 atom stereocenters. The average Bonchev–Trinajstić information content (AvgIpc) is 3.13. The Morgan fingerprint density at radius 1 is 1.09 bits per heavy atom. The lowest BCUT2D eigenvalue weighted by Gasteiger charge is -2.31. The summed E-state index contributed by atoms with van der Waals surface area (Å²) in [4.78, 5) is 31.4. The van der Waals surface area contributed by atoms with Crippen LogP contribution in [-0.2, 0) is 4.79 Å². The number of carbonyl (C=O) groups excluding carboxylic acids is 2. The summed E-state index contributed by atoms with van der Waals surface area (Å²) >= 11 is 0. The molecule has 0 aliphatic carbocycles. The molecule has 1 N–H and O–H groups in total. The first-order valence-electron chi connectivity index (χ1n) is 12.4. The van der Waals surface area contributed by atoms with Crippen molar-refractivity contribution in [3.63, 3.8) is 0 Å². The van der Waals surface area contributed by atoms with Crippen LogP contribution in [0.1, 0.15) is 40.5 Å². The third-order valence-electron chi connectivity index (χ3n) is 6.29. The van der Waals surface area contributed by atoms with E-state index in [1.807, 2.05) is 69.0 Å². The van der Waals surface area contributed by atoms with Gasteiger partial charge in [-0.05, 0) is 57.9 Å². The van der Waals surface area contributed by atoms with E-state index in [9.17, 15) is 9.59 Å². The molecule has 190 valence electrons. The quantitative estimate of drug-likeness (QED) is 0.620. The van der Waals surface area contributed by atoms with E-state index in [0.29, 0.717) is 19.6 Å². The Morgan fingerprint density at radius 2 is 1.89 bits per heavy atom. The second-order valence-electron chi connectivity index (χ2n) is 9.22. The van der Waals surface area contributed by atoms with Crippen molar-refractivity contribution in [3.05, 3.63) is 36.4 Å². The van der Waals surface area contributed by atoms with E-state index in [1.165, 1.54) is 0 Å². The number of nitrogens with one attached hydrogen (secondary N) is 1.